The van der Waals surface area contributed by atoms with E-state index in [1.165, 1.54) is 0 Å². The second-order valence-electron chi connectivity index (χ2n) is 4.59. The first-order valence-electron chi connectivity index (χ1n) is 5.25. The van der Waals surface area contributed by atoms with E-state index in [0.717, 1.165) is 30.2 Å². The summed E-state index contributed by atoms with van der Waals surface area (Å²) < 4.78 is 13.9. The third-order valence-electron chi connectivity index (χ3n) is 3.35. The molecule has 0 radical (unpaired) electrons. The molecular formula is C12H13BrFN. The maximum absolute atomic E-state index is 12.9. The lowest BCUT2D eigenvalue weighted by Gasteiger charge is -2.22. The van der Waals surface area contributed by atoms with Gasteiger partial charge in [-0.15, -0.1) is 0 Å². The van der Waals surface area contributed by atoms with Crippen LogP contribution in [0.3, 0.4) is 0 Å². The Balaban J connectivity index is 1.98. The summed E-state index contributed by atoms with van der Waals surface area (Å²) in [7, 11) is 0. The first-order chi connectivity index (χ1) is 7.15. The zero-order chi connectivity index (χ0) is 10.9. The number of rotatable bonds is 3. The van der Waals surface area contributed by atoms with Gasteiger partial charge in [0.05, 0.1) is 6.07 Å². The minimum Gasteiger partial charge on any atom is -0.207 e. The Hall–Kier alpha value is -0.620. The summed E-state index contributed by atoms with van der Waals surface area (Å²) in [5, 5.41) is 8.73. The quantitative estimate of drug-likeness (QED) is 0.753. The Morgan fingerprint density at radius 3 is 2.87 bits per heavy atom. The molecule has 0 aromatic carbocycles. The van der Waals surface area contributed by atoms with Gasteiger partial charge in [-0.25, -0.2) is 4.39 Å². The molecule has 0 heterocycles. The fourth-order valence-electron chi connectivity index (χ4n) is 2.18. The minimum absolute atomic E-state index is 0.150. The predicted octanol–water partition coefficient (Wildman–Crippen LogP) is 4.22. The van der Waals surface area contributed by atoms with Crippen molar-refractivity contribution in [2.24, 2.45) is 11.3 Å². The average Bonchev–Trinajstić information content (AvgIpc) is 2.91. The molecule has 1 unspecified atom stereocenters. The van der Waals surface area contributed by atoms with Crippen molar-refractivity contribution in [3.8, 4) is 6.07 Å². The lowest BCUT2D eigenvalue weighted by Crippen LogP contribution is -2.11. The van der Waals surface area contributed by atoms with E-state index in [-0.39, 0.29) is 11.2 Å². The number of allylic oxidation sites excluding steroid dienone is 4. The Morgan fingerprint density at radius 1 is 1.60 bits per heavy atom. The van der Waals surface area contributed by atoms with E-state index in [1.807, 2.05) is 0 Å². The summed E-state index contributed by atoms with van der Waals surface area (Å²) >= 11 is 3.42. The topological polar surface area (TPSA) is 23.8 Å². The molecule has 2 rings (SSSR count). The molecule has 1 saturated carbocycles. The molecule has 1 atom stereocenters. The van der Waals surface area contributed by atoms with Gasteiger partial charge in [-0.05, 0) is 49.2 Å². The lowest BCUT2D eigenvalue weighted by atomic mass is 9.86. The molecule has 0 aliphatic heterocycles. The molecule has 0 aromatic heterocycles. The SMILES string of the molecule is N#CCC1(CC2CC=C(F)C=C2Br)CC1. The molecule has 0 N–H and O–H groups in total. The summed E-state index contributed by atoms with van der Waals surface area (Å²) in [6.45, 7) is 0. The van der Waals surface area contributed by atoms with Crippen LogP contribution in [-0.4, -0.2) is 0 Å². The summed E-state index contributed by atoms with van der Waals surface area (Å²) in [4.78, 5) is 0. The van der Waals surface area contributed by atoms with Gasteiger partial charge < -0.3 is 0 Å². The monoisotopic (exact) mass is 269 g/mol. The third-order valence-corrected chi connectivity index (χ3v) is 4.23. The van der Waals surface area contributed by atoms with Crippen LogP contribution in [0.4, 0.5) is 4.39 Å². The molecule has 0 saturated heterocycles. The summed E-state index contributed by atoms with van der Waals surface area (Å²) in [6, 6.07) is 2.26. The molecule has 2 aliphatic carbocycles. The van der Waals surface area contributed by atoms with Gasteiger partial charge in [0.25, 0.3) is 0 Å². The Kier molecular flexibility index (Phi) is 2.97. The molecule has 0 spiro atoms. The van der Waals surface area contributed by atoms with Crippen molar-refractivity contribution < 1.29 is 4.39 Å². The zero-order valence-corrected chi connectivity index (χ0v) is 10.1. The Morgan fingerprint density at radius 2 is 2.33 bits per heavy atom. The fraction of sp³-hybridized carbons (Fsp3) is 0.583. The van der Waals surface area contributed by atoms with E-state index < -0.39 is 0 Å². The average molecular weight is 270 g/mol. The number of nitriles is 1. The first kappa shape index (κ1) is 10.9. The molecule has 15 heavy (non-hydrogen) atoms. The Bertz CT molecular complexity index is 360. The highest BCUT2D eigenvalue weighted by Gasteiger charge is 2.44. The van der Waals surface area contributed by atoms with Crippen molar-refractivity contribution in [2.75, 3.05) is 0 Å². The zero-order valence-electron chi connectivity index (χ0n) is 8.47. The van der Waals surface area contributed by atoms with Gasteiger partial charge in [0.1, 0.15) is 5.83 Å². The molecule has 3 heteroatoms. The number of halogens is 2. The molecule has 1 nitrogen and oxygen atoms in total. The van der Waals surface area contributed by atoms with Gasteiger partial charge >= 0.3 is 0 Å². The number of hydrogen-bond acceptors (Lipinski definition) is 1. The van der Waals surface area contributed by atoms with Gasteiger partial charge in [-0.1, -0.05) is 15.9 Å². The first-order valence-corrected chi connectivity index (χ1v) is 6.04. The highest BCUT2D eigenvalue weighted by Crippen LogP contribution is 2.55. The van der Waals surface area contributed by atoms with E-state index in [0.29, 0.717) is 12.3 Å². The van der Waals surface area contributed by atoms with Crippen molar-refractivity contribution in [1.29, 1.82) is 5.26 Å². The van der Waals surface area contributed by atoms with Crippen molar-refractivity contribution in [1.82, 2.24) is 0 Å². The second-order valence-corrected chi connectivity index (χ2v) is 5.51. The van der Waals surface area contributed by atoms with Crippen LogP contribution < -0.4 is 0 Å². The highest BCUT2D eigenvalue weighted by atomic mass is 79.9. The summed E-state index contributed by atoms with van der Waals surface area (Å²) in [6.07, 6.45) is 7.93. The number of hydrogen-bond donors (Lipinski definition) is 0. The summed E-state index contributed by atoms with van der Waals surface area (Å²) in [5.74, 6) is 0.226. The maximum Gasteiger partial charge on any atom is 0.120 e. The van der Waals surface area contributed by atoms with Crippen LogP contribution in [0.2, 0.25) is 0 Å². The van der Waals surface area contributed by atoms with Gasteiger partial charge in [-0.3, -0.25) is 0 Å². The Labute approximate surface area is 97.8 Å². The molecule has 80 valence electrons. The molecule has 0 bridgehead atoms. The maximum atomic E-state index is 12.9. The van der Waals surface area contributed by atoms with Crippen molar-refractivity contribution in [3.05, 3.63) is 22.5 Å². The van der Waals surface area contributed by atoms with Crippen LogP contribution in [0.5, 0.6) is 0 Å². The molecule has 0 amide bonds. The number of nitrogens with zero attached hydrogens (tertiary/aromatic N) is 1. The van der Waals surface area contributed by atoms with Crippen LogP contribution in [0, 0.1) is 22.7 Å². The van der Waals surface area contributed by atoms with E-state index in [4.69, 9.17) is 5.26 Å². The normalized spacial score (nSPS) is 27.7. The van der Waals surface area contributed by atoms with Gasteiger partial charge in [0.2, 0.25) is 0 Å². The molecule has 1 fully saturated rings. The van der Waals surface area contributed by atoms with Crippen LogP contribution in [-0.2, 0) is 0 Å². The van der Waals surface area contributed by atoms with Crippen molar-refractivity contribution in [3.63, 3.8) is 0 Å². The van der Waals surface area contributed by atoms with E-state index in [2.05, 4.69) is 22.0 Å². The van der Waals surface area contributed by atoms with Gasteiger partial charge in [0, 0.05) is 10.9 Å². The summed E-state index contributed by atoms with van der Waals surface area (Å²) in [5.41, 5.74) is 0.244. The smallest absolute Gasteiger partial charge is 0.120 e. The predicted molar refractivity (Wildman–Crippen MR) is 60.8 cm³/mol. The minimum atomic E-state index is -0.150. The van der Waals surface area contributed by atoms with Crippen molar-refractivity contribution >= 4 is 15.9 Å². The third kappa shape index (κ3) is 2.49. The lowest BCUT2D eigenvalue weighted by molar-refractivity contribution is 0.396. The largest absolute Gasteiger partial charge is 0.207 e. The highest BCUT2D eigenvalue weighted by molar-refractivity contribution is 9.11. The van der Waals surface area contributed by atoms with Gasteiger partial charge in [-0.2, -0.15) is 5.26 Å². The van der Waals surface area contributed by atoms with E-state index >= 15 is 0 Å². The molecule has 2 aliphatic rings. The van der Waals surface area contributed by atoms with Crippen molar-refractivity contribution in [2.45, 2.75) is 32.1 Å². The van der Waals surface area contributed by atoms with Crippen LogP contribution in [0.25, 0.3) is 0 Å². The molecule has 0 aromatic rings. The standard InChI is InChI=1S/C12H13BrFN/c13-11-7-10(14)2-1-9(11)8-12(3-4-12)5-6-15/h2,7,9H,1,3-5,8H2. The van der Waals surface area contributed by atoms with Crippen LogP contribution >= 0.6 is 15.9 Å². The van der Waals surface area contributed by atoms with Crippen LogP contribution in [0.15, 0.2) is 22.5 Å². The molecular weight excluding hydrogens is 257 g/mol. The van der Waals surface area contributed by atoms with Crippen LogP contribution in [0.1, 0.15) is 32.1 Å². The van der Waals surface area contributed by atoms with E-state index in [9.17, 15) is 4.39 Å². The second kappa shape index (κ2) is 4.09. The van der Waals surface area contributed by atoms with Gasteiger partial charge in [0.15, 0.2) is 0 Å². The fourth-order valence-corrected chi connectivity index (χ4v) is 2.74. The van der Waals surface area contributed by atoms with E-state index in [1.54, 1.807) is 12.2 Å².